The van der Waals surface area contributed by atoms with E-state index in [9.17, 15) is 4.79 Å². The normalized spacial score (nSPS) is 16.9. The summed E-state index contributed by atoms with van der Waals surface area (Å²) < 4.78 is 1.96. The van der Waals surface area contributed by atoms with Gasteiger partial charge in [0.05, 0.1) is 5.02 Å². The number of hydrogen-bond acceptors (Lipinski definition) is 2. The zero-order valence-electron chi connectivity index (χ0n) is 12.5. The fourth-order valence-corrected chi connectivity index (χ4v) is 3.04. The van der Waals surface area contributed by atoms with Gasteiger partial charge < -0.3 is 14.8 Å². The van der Waals surface area contributed by atoms with Crippen LogP contribution in [0.2, 0.25) is 5.02 Å². The van der Waals surface area contributed by atoms with E-state index in [1.165, 1.54) is 0 Å². The summed E-state index contributed by atoms with van der Waals surface area (Å²) in [7, 11) is 1.98. The molecular weight excluding hydrogens is 274 g/mol. The number of rotatable bonds is 4. The molecule has 1 amide bonds. The van der Waals surface area contributed by atoms with Gasteiger partial charge in [-0.25, -0.2) is 0 Å². The standard InChI is InChI=1S/C15H24ClN3O/c1-11(2)19-10-13(16)8-14(19)15(20)18-6-4-12(5-7-18)9-17-3/h8,10-12,17H,4-7,9H2,1-3H3. The van der Waals surface area contributed by atoms with Crippen LogP contribution >= 0.6 is 11.6 Å². The van der Waals surface area contributed by atoms with E-state index in [-0.39, 0.29) is 11.9 Å². The SMILES string of the molecule is CNCC1CCN(C(=O)c2cc(Cl)cn2C(C)C)CC1. The van der Waals surface area contributed by atoms with Gasteiger partial charge in [0.2, 0.25) is 0 Å². The number of carbonyl (C=O) groups excluding carboxylic acids is 1. The van der Waals surface area contributed by atoms with Gasteiger partial charge in [-0.05, 0) is 52.3 Å². The molecule has 1 aliphatic heterocycles. The molecule has 1 N–H and O–H groups in total. The number of amides is 1. The van der Waals surface area contributed by atoms with Crippen LogP contribution in [0.15, 0.2) is 12.3 Å². The summed E-state index contributed by atoms with van der Waals surface area (Å²) in [5, 5.41) is 3.85. The smallest absolute Gasteiger partial charge is 0.270 e. The van der Waals surface area contributed by atoms with Crippen molar-refractivity contribution in [3.05, 3.63) is 23.0 Å². The van der Waals surface area contributed by atoms with Gasteiger partial charge in [0.15, 0.2) is 0 Å². The van der Waals surface area contributed by atoms with Gasteiger partial charge >= 0.3 is 0 Å². The van der Waals surface area contributed by atoms with Crippen LogP contribution in [0.5, 0.6) is 0 Å². The van der Waals surface area contributed by atoms with Crippen molar-refractivity contribution in [2.24, 2.45) is 5.92 Å². The fourth-order valence-electron chi connectivity index (χ4n) is 2.84. The number of nitrogens with one attached hydrogen (secondary N) is 1. The molecular formula is C15H24ClN3O. The monoisotopic (exact) mass is 297 g/mol. The third-order valence-electron chi connectivity index (χ3n) is 3.99. The highest BCUT2D eigenvalue weighted by molar-refractivity contribution is 6.31. The van der Waals surface area contributed by atoms with E-state index in [2.05, 4.69) is 19.2 Å². The lowest BCUT2D eigenvalue weighted by molar-refractivity contribution is 0.0678. The average molecular weight is 298 g/mol. The van der Waals surface area contributed by atoms with E-state index in [1.807, 2.05) is 22.7 Å². The Morgan fingerprint density at radius 2 is 2.10 bits per heavy atom. The first kappa shape index (κ1) is 15.4. The summed E-state index contributed by atoms with van der Waals surface area (Å²) >= 11 is 6.06. The molecule has 4 nitrogen and oxygen atoms in total. The summed E-state index contributed by atoms with van der Waals surface area (Å²) in [5.74, 6) is 0.790. The molecule has 1 aromatic heterocycles. The predicted molar refractivity (Wildman–Crippen MR) is 82.4 cm³/mol. The zero-order chi connectivity index (χ0) is 14.7. The van der Waals surface area contributed by atoms with Crippen molar-refractivity contribution in [1.29, 1.82) is 0 Å². The van der Waals surface area contributed by atoms with E-state index in [0.29, 0.717) is 16.6 Å². The van der Waals surface area contributed by atoms with Gasteiger partial charge in [-0.15, -0.1) is 0 Å². The Hall–Kier alpha value is -1.00. The maximum Gasteiger partial charge on any atom is 0.270 e. The van der Waals surface area contributed by atoms with Crippen LogP contribution in [0.3, 0.4) is 0 Å². The molecule has 0 bridgehead atoms. The Morgan fingerprint density at radius 3 is 2.65 bits per heavy atom. The van der Waals surface area contributed by atoms with Gasteiger partial charge in [0.1, 0.15) is 5.69 Å². The van der Waals surface area contributed by atoms with Crippen molar-refractivity contribution in [3.8, 4) is 0 Å². The predicted octanol–water partition coefficient (Wildman–Crippen LogP) is 2.79. The lowest BCUT2D eigenvalue weighted by Crippen LogP contribution is -2.41. The first-order valence-electron chi connectivity index (χ1n) is 7.34. The van der Waals surface area contributed by atoms with Crippen molar-refractivity contribution in [3.63, 3.8) is 0 Å². The number of hydrogen-bond donors (Lipinski definition) is 1. The molecule has 0 atom stereocenters. The van der Waals surface area contributed by atoms with Crippen LogP contribution < -0.4 is 5.32 Å². The van der Waals surface area contributed by atoms with Crippen molar-refractivity contribution in [1.82, 2.24) is 14.8 Å². The maximum absolute atomic E-state index is 12.6. The molecule has 0 unspecified atom stereocenters. The third kappa shape index (κ3) is 3.36. The van der Waals surface area contributed by atoms with E-state index in [0.717, 1.165) is 32.5 Å². The molecule has 1 saturated heterocycles. The lowest BCUT2D eigenvalue weighted by Gasteiger charge is -2.32. The fraction of sp³-hybridized carbons (Fsp3) is 0.667. The number of nitrogens with zero attached hydrogens (tertiary/aromatic N) is 2. The van der Waals surface area contributed by atoms with Crippen molar-refractivity contribution in [2.75, 3.05) is 26.7 Å². The van der Waals surface area contributed by atoms with E-state index in [1.54, 1.807) is 6.07 Å². The average Bonchev–Trinajstić information content (AvgIpc) is 2.81. The number of aromatic nitrogens is 1. The number of piperidine rings is 1. The Bertz CT molecular complexity index is 462. The molecule has 0 aromatic carbocycles. The summed E-state index contributed by atoms with van der Waals surface area (Å²) in [6, 6.07) is 2.02. The minimum absolute atomic E-state index is 0.105. The summed E-state index contributed by atoms with van der Waals surface area (Å²) in [5.41, 5.74) is 0.706. The van der Waals surface area contributed by atoms with Crippen molar-refractivity contribution in [2.45, 2.75) is 32.7 Å². The molecule has 1 aromatic rings. The van der Waals surface area contributed by atoms with Crippen LogP contribution in [0.1, 0.15) is 43.2 Å². The van der Waals surface area contributed by atoms with Crippen LogP contribution in [-0.4, -0.2) is 42.1 Å². The molecule has 1 fully saturated rings. The Kier molecular flexibility index (Phi) is 5.11. The molecule has 0 saturated carbocycles. The Labute approximate surface area is 126 Å². The second-order valence-electron chi connectivity index (χ2n) is 5.84. The number of carbonyl (C=O) groups is 1. The molecule has 5 heteroatoms. The summed E-state index contributed by atoms with van der Waals surface area (Å²) in [6.07, 6.45) is 3.98. The Balaban J connectivity index is 2.05. The molecule has 0 spiro atoms. The Morgan fingerprint density at radius 1 is 1.45 bits per heavy atom. The van der Waals surface area contributed by atoms with E-state index in [4.69, 9.17) is 11.6 Å². The molecule has 112 valence electrons. The first-order chi connectivity index (χ1) is 9.52. The first-order valence-corrected chi connectivity index (χ1v) is 7.72. The van der Waals surface area contributed by atoms with Gasteiger partial charge in [0.25, 0.3) is 5.91 Å². The maximum atomic E-state index is 12.6. The van der Waals surface area contributed by atoms with Crippen LogP contribution in [-0.2, 0) is 0 Å². The molecule has 0 aliphatic carbocycles. The van der Waals surface area contributed by atoms with E-state index < -0.39 is 0 Å². The van der Waals surface area contributed by atoms with Crippen LogP contribution in [0, 0.1) is 5.92 Å². The van der Waals surface area contributed by atoms with Gasteiger partial charge in [0, 0.05) is 25.3 Å². The van der Waals surface area contributed by atoms with E-state index >= 15 is 0 Å². The topological polar surface area (TPSA) is 37.3 Å². The molecule has 2 heterocycles. The minimum atomic E-state index is 0.105. The summed E-state index contributed by atoms with van der Waals surface area (Å²) in [6.45, 7) is 6.84. The summed E-state index contributed by atoms with van der Waals surface area (Å²) in [4.78, 5) is 14.6. The van der Waals surface area contributed by atoms with Crippen LogP contribution in [0.25, 0.3) is 0 Å². The van der Waals surface area contributed by atoms with Crippen molar-refractivity contribution < 1.29 is 4.79 Å². The second kappa shape index (κ2) is 6.64. The largest absolute Gasteiger partial charge is 0.339 e. The van der Waals surface area contributed by atoms with Gasteiger partial charge in [-0.3, -0.25) is 4.79 Å². The quantitative estimate of drug-likeness (QED) is 0.928. The molecule has 2 rings (SSSR count). The molecule has 20 heavy (non-hydrogen) atoms. The van der Waals surface area contributed by atoms with Gasteiger partial charge in [-0.1, -0.05) is 11.6 Å². The minimum Gasteiger partial charge on any atom is -0.339 e. The zero-order valence-corrected chi connectivity index (χ0v) is 13.3. The molecule has 1 aliphatic rings. The van der Waals surface area contributed by atoms with Gasteiger partial charge in [-0.2, -0.15) is 0 Å². The van der Waals surface area contributed by atoms with Crippen LogP contribution in [0.4, 0.5) is 0 Å². The lowest BCUT2D eigenvalue weighted by atomic mass is 9.96. The number of halogens is 1. The highest BCUT2D eigenvalue weighted by atomic mass is 35.5. The number of likely N-dealkylation sites (tertiary alicyclic amines) is 1. The molecule has 0 radical (unpaired) electrons. The highest BCUT2D eigenvalue weighted by Crippen LogP contribution is 2.23. The van der Waals surface area contributed by atoms with Crippen molar-refractivity contribution >= 4 is 17.5 Å². The third-order valence-corrected chi connectivity index (χ3v) is 4.19. The highest BCUT2D eigenvalue weighted by Gasteiger charge is 2.25. The second-order valence-corrected chi connectivity index (χ2v) is 6.27.